The van der Waals surface area contributed by atoms with E-state index in [1.807, 2.05) is 0 Å². The number of aromatic hydroxyl groups is 1. The smallest absolute Gasteiger partial charge is 0.746 e. The van der Waals surface area contributed by atoms with E-state index in [0.29, 0.717) is 0 Å². The van der Waals surface area contributed by atoms with Crippen LogP contribution in [0.1, 0.15) is 11.0 Å². The Morgan fingerprint density at radius 3 is 2.36 bits per heavy atom. The molecule has 5 nitrogen and oxygen atoms in total. The number of benzene rings is 1. The molecule has 0 aliphatic heterocycles. The summed E-state index contributed by atoms with van der Waals surface area (Å²) in [6, 6.07) is 4.88. The Morgan fingerprint density at radius 2 is 1.93 bits per heavy atom. The van der Waals surface area contributed by atoms with E-state index < -0.39 is 15.6 Å². The van der Waals surface area contributed by atoms with Gasteiger partial charge in [-0.15, -0.1) is 0 Å². The van der Waals surface area contributed by atoms with Crippen molar-refractivity contribution in [2.45, 2.75) is 5.44 Å². The Kier molecular flexibility index (Phi) is 5.07. The first kappa shape index (κ1) is 13.9. The third kappa shape index (κ3) is 3.56. The summed E-state index contributed by atoms with van der Waals surface area (Å²) < 4.78 is 31.1. The Bertz CT molecular complexity index is 402. The molecule has 7 heteroatoms. The van der Waals surface area contributed by atoms with Crippen molar-refractivity contribution in [2.24, 2.45) is 0 Å². The molecule has 2 N–H and O–H groups in total. The van der Waals surface area contributed by atoms with Crippen LogP contribution in [0.2, 0.25) is 0 Å². The molecule has 0 aliphatic rings. The van der Waals surface area contributed by atoms with Gasteiger partial charge in [0.15, 0.2) is 5.44 Å². The van der Waals surface area contributed by atoms with Crippen LogP contribution in [0.4, 0.5) is 0 Å². The molecule has 0 aliphatic carbocycles. The van der Waals surface area contributed by atoms with Crippen molar-refractivity contribution in [3.8, 4) is 5.75 Å². The SMILES string of the molecule is O=S(=O)([O-])C(O)c1cccc(O)c1.[Na+]. The molecule has 0 saturated carbocycles. The molecule has 0 radical (unpaired) electrons. The van der Waals surface area contributed by atoms with E-state index in [4.69, 9.17) is 10.2 Å². The average molecular weight is 226 g/mol. The Morgan fingerprint density at radius 1 is 1.36 bits per heavy atom. The molecule has 0 bridgehead atoms. The number of phenols is 1. The van der Waals surface area contributed by atoms with Gasteiger partial charge in [-0.1, -0.05) is 12.1 Å². The number of aliphatic hydroxyl groups is 1. The Labute approximate surface area is 103 Å². The van der Waals surface area contributed by atoms with Crippen molar-refractivity contribution in [1.82, 2.24) is 0 Å². The fourth-order valence-electron chi connectivity index (χ4n) is 0.845. The summed E-state index contributed by atoms with van der Waals surface area (Å²) in [5, 5.41) is 17.9. The average Bonchev–Trinajstić information content (AvgIpc) is 2.01. The molecule has 0 saturated heterocycles. The minimum absolute atomic E-state index is 0. The first-order valence-electron chi connectivity index (χ1n) is 3.33. The van der Waals surface area contributed by atoms with Gasteiger partial charge in [0.1, 0.15) is 15.9 Å². The second-order valence-corrected chi connectivity index (χ2v) is 3.87. The van der Waals surface area contributed by atoms with Gasteiger partial charge in [0.2, 0.25) is 0 Å². The van der Waals surface area contributed by atoms with Crippen molar-refractivity contribution in [3.05, 3.63) is 29.8 Å². The minimum Gasteiger partial charge on any atom is -0.746 e. The van der Waals surface area contributed by atoms with Crippen LogP contribution < -0.4 is 29.6 Å². The van der Waals surface area contributed by atoms with Crippen LogP contribution in [0.25, 0.3) is 0 Å². The molecule has 0 amide bonds. The quantitative estimate of drug-likeness (QED) is 0.412. The molecule has 1 aromatic rings. The number of hydrogen-bond acceptors (Lipinski definition) is 5. The third-order valence-corrected chi connectivity index (χ3v) is 2.25. The summed E-state index contributed by atoms with van der Waals surface area (Å²) in [5.41, 5.74) is -2.27. The van der Waals surface area contributed by atoms with Gasteiger partial charge < -0.3 is 14.8 Å². The van der Waals surface area contributed by atoms with Crippen LogP contribution in [-0.4, -0.2) is 23.2 Å². The second kappa shape index (κ2) is 5.11. The van der Waals surface area contributed by atoms with Gasteiger partial charge in [0.05, 0.1) is 0 Å². The van der Waals surface area contributed by atoms with Crippen molar-refractivity contribution in [3.63, 3.8) is 0 Å². The standard InChI is InChI=1S/C7H8O5S.Na/c8-6-3-1-2-5(4-6)7(9)13(10,11)12;/h1-4,7-9H,(H,10,11,12);/q;+1/p-1. The molecule has 1 unspecified atom stereocenters. The number of aliphatic hydroxyl groups excluding tert-OH is 1. The van der Waals surface area contributed by atoms with E-state index >= 15 is 0 Å². The minimum atomic E-state index is -4.78. The molecule has 0 heterocycles. The van der Waals surface area contributed by atoms with Gasteiger partial charge in [-0.2, -0.15) is 0 Å². The van der Waals surface area contributed by atoms with Crippen molar-refractivity contribution < 1.29 is 52.7 Å². The van der Waals surface area contributed by atoms with Crippen LogP contribution in [0, 0.1) is 0 Å². The summed E-state index contributed by atoms with van der Waals surface area (Å²) in [6.45, 7) is 0. The number of rotatable bonds is 2. The maximum atomic E-state index is 10.4. The zero-order chi connectivity index (χ0) is 10.1. The van der Waals surface area contributed by atoms with E-state index in [1.165, 1.54) is 18.2 Å². The second-order valence-electron chi connectivity index (χ2n) is 2.44. The fourth-order valence-corrected chi connectivity index (χ4v) is 1.33. The Balaban J connectivity index is 0.00000169. The van der Waals surface area contributed by atoms with Crippen molar-refractivity contribution in [2.75, 3.05) is 0 Å². The summed E-state index contributed by atoms with van der Waals surface area (Å²) >= 11 is 0. The summed E-state index contributed by atoms with van der Waals surface area (Å²) in [4.78, 5) is 0. The van der Waals surface area contributed by atoms with Gasteiger partial charge in [0, 0.05) is 0 Å². The van der Waals surface area contributed by atoms with Crippen molar-refractivity contribution in [1.29, 1.82) is 0 Å². The molecule has 14 heavy (non-hydrogen) atoms. The van der Waals surface area contributed by atoms with Crippen LogP contribution >= 0.6 is 0 Å². The van der Waals surface area contributed by atoms with Crippen LogP contribution in [0.3, 0.4) is 0 Å². The monoisotopic (exact) mass is 226 g/mol. The van der Waals surface area contributed by atoms with E-state index in [2.05, 4.69) is 0 Å². The fraction of sp³-hybridized carbons (Fsp3) is 0.143. The summed E-state index contributed by atoms with van der Waals surface area (Å²) in [6.07, 6.45) is 0. The number of phenolic OH excluding ortho intramolecular Hbond substituents is 1. The molecule has 1 rings (SSSR count). The molecular formula is C7H7NaO5S. The molecule has 72 valence electrons. The van der Waals surface area contributed by atoms with Crippen LogP contribution in [0.5, 0.6) is 5.75 Å². The molecule has 0 aromatic heterocycles. The normalized spacial score (nSPS) is 13.0. The molecular weight excluding hydrogens is 219 g/mol. The van der Waals surface area contributed by atoms with E-state index in [1.54, 1.807) is 0 Å². The molecule has 1 aromatic carbocycles. The molecule has 0 fully saturated rings. The van der Waals surface area contributed by atoms with Gasteiger partial charge in [-0.3, -0.25) is 0 Å². The zero-order valence-electron chi connectivity index (χ0n) is 7.41. The third-order valence-electron chi connectivity index (χ3n) is 1.43. The number of hydrogen-bond donors (Lipinski definition) is 2. The first-order chi connectivity index (χ1) is 5.91. The topological polar surface area (TPSA) is 97.7 Å². The predicted octanol–water partition coefficient (Wildman–Crippen LogP) is -3.07. The largest absolute Gasteiger partial charge is 1.00 e. The van der Waals surface area contributed by atoms with Gasteiger partial charge in [-0.05, 0) is 17.7 Å². The van der Waals surface area contributed by atoms with Gasteiger partial charge in [0.25, 0.3) is 0 Å². The molecule has 0 spiro atoms. The maximum absolute atomic E-state index is 10.4. The maximum Gasteiger partial charge on any atom is 1.00 e. The van der Waals surface area contributed by atoms with Crippen LogP contribution in [0.15, 0.2) is 24.3 Å². The van der Waals surface area contributed by atoms with E-state index in [-0.39, 0.29) is 40.9 Å². The van der Waals surface area contributed by atoms with E-state index in [9.17, 15) is 13.0 Å². The summed E-state index contributed by atoms with van der Waals surface area (Å²) in [7, 11) is -4.78. The molecule has 1 atom stereocenters. The first-order valence-corrected chi connectivity index (χ1v) is 4.80. The van der Waals surface area contributed by atoms with E-state index in [0.717, 1.165) is 6.07 Å². The predicted molar refractivity (Wildman–Crippen MR) is 42.8 cm³/mol. The summed E-state index contributed by atoms with van der Waals surface area (Å²) in [5.74, 6) is -0.208. The van der Waals surface area contributed by atoms with Crippen molar-refractivity contribution >= 4 is 10.1 Å². The van der Waals surface area contributed by atoms with Gasteiger partial charge in [-0.25, -0.2) is 8.42 Å². The zero-order valence-corrected chi connectivity index (χ0v) is 10.2. The van der Waals surface area contributed by atoms with Gasteiger partial charge >= 0.3 is 29.6 Å². The Hall–Kier alpha value is -0.110. The van der Waals surface area contributed by atoms with Crippen LogP contribution in [-0.2, 0) is 10.1 Å².